The van der Waals surface area contributed by atoms with E-state index in [0.717, 1.165) is 12.1 Å². The number of hydrogen-bond acceptors (Lipinski definition) is 3. The zero-order chi connectivity index (χ0) is 17.0. The summed E-state index contributed by atoms with van der Waals surface area (Å²) in [7, 11) is 0. The largest absolute Gasteiger partial charge is 0.459 e. The maximum atomic E-state index is 13.6. The highest BCUT2D eigenvalue weighted by atomic mass is 19.1. The molecule has 0 radical (unpaired) electrons. The van der Waals surface area contributed by atoms with Gasteiger partial charge in [0.05, 0.1) is 12.0 Å². The highest BCUT2D eigenvalue weighted by molar-refractivity contribution is 6.00. The van der Waals surface area contributed by atoms with Crippen LogP contribution in [0.5, 0.6) is 0 Å². The minimum Gasteiger partial charge on any atom is -0.459 e. The van der Waals surface area contributed by atoms with E-state index in [9.17, 15) is 18.4 Å². The lowest BCUT2D eigenvalue weighted by Crippen LogP contribution is -2.47. The second-order valence-electron chi connectivity index (χ2n) is 5.29. The van der Waals surface area contributed by atoms with Crippen LogP contribution in [0.15, 0.2) is 41.0 Å². The lowest BCUT2D eigenvalue weighted by atomic mass is 10.0. The second kappa shape index (κ2) is 7.04. The van der Waals surface area contributed by atoms with Crippen molar-refractivity contribution in [3.63, 3.8) is 0 Å². The molecule has 2 N–H and O–H groups in total. The first-order valence-corrected chi connectivity index (χ1v) is 6.98. The molecule has 7 heteroatoms. The fourth-order valence-corrected chi connectivity index (χ4v) is 1.96. The van der Waals surface area contributed by atoms with Crippen molar-refractivity contribution in [2.24, 2.45) is 5.92 Å². The Balaban J connectivity index is 2.10. The molecule has 0 fully saturated rings. The molecule has 1 aromatic carbocycles. The molecule has 1 aromatic heterocycles. The van der Waals surface area contributed by atoms with Crippen molar-refractivity contribution in [1.29, 1.82) is 0 Å². The molecule has 2 rings (SSSR count). The van der Waals surface area contributed by atoms with E-state index in [2.05, 4.69) is 10.6 Å². The van der Waals surface area contributed by atoms with Gasteiger partial charge < -0.3 is 15.1 Å². The molecule has 2 amide bonds. The predicted molar refractivity (Wildman–Crippen MR) is 79.8 cm³/mol. The number of rotatable bonds is 5. The molecule has 5 nitrogen and oxygen atoms in total. The molecule has 0 saturated carbocycles. The molecular formula is C16H16F2N2O3. The topological polar surface area (TPSA) is 71.3 Å². The van der Waals surface area contributed by atoms with Gasteiger partial charge in [0.25, 0.3) is 5.91 Å². The van der Waals surface area contributed by atoms with E-state index in [0.29, 0.717) is 6.07 Å². The van der Waals surface area contributed by atoms with E-state index < -0.39 is 29.5 Å². The van der Waals surface area contributed by atoms with Crippen LogP contribution in [0.25, 0.3) is 0 Å². The summed E-state index contributed by atoms with van der Waals surface area (Å²) in [5.74, 6) is -2.98. The Hall–Kier alpha value is -2.70. The third-order valence-corrected chi connectivity index (χ3v) is 3.17. The molecule has 0 bridgehead atoms. The first kappa shape index (κ1) is 16.7. The van der Waals surface area contributed by atoms with Crippen LogP contribution < -0.4 is 10.6 Å². The Morgan fingerprint density at radius 3 is 2.48 bits per heavy atom. The van der Waals surface area contributed by atoms with Gasteiger partial charge in [-0.25, -0.2) is 8.78 Å². The smallest absolute Gasteiger partial charge is 0.287 e. The second-order valence-corrected chi connectivity index (χ2v) is 5.29. The molecule has 23 heavy (non-hydrogen) atoms. The van der Waals surface area contributed by atoms with Crippen molar-refractivity contribution in [2.45, 2.75) is 19.9 Å². The average molecular weight is 322 g/mol. The van der Waals surface area contributed by atoms with Gasteiger partial charge in [-0.15, -0.1) is 0 Å². The van der Waals surface area contributed by atoms with E-state index in [-0.39, 0.29) is 17.4 Å². The zero-order valence-corrected chi connectivity index (χ0v) is 12.6. The Labute approximate surface area is 131 Å². The van der Waals surface area contributed by atoms with Gasteiger partial charge in [0.15, 0.2) is 5.76 Å². The molecule has 0 aliphatic rings. The highest BCUT2D eigenvalue weighted by Crippen LogP contribution is 2.16. The summed E-state index contributed by atoms with van der Waals surface area (Å²) in [6.07, 6.45) is 1.34. The van der Waals surface area contributed by atoms with Gasteiger partial charge >= 0.3 is 0 Å². The van der Waals surface area contributed by atoms with Crippen molar-refractivity contribution < 1.29 is 22.8 Å². The summed E-state index contributed by atoms with van der Waals surface area (Å²) in [6, 6.07) is 4.93. The summed E-state index contributed by atoms with van der Waals surface area (Å²) < 4.78 is 31.4. The minimum absolute atomic E-state index is 0.0661. The van der Waals surface area contributed by atoms with Crippen LogP contribution in [-0.4, -0.2) is 17.9 Å². The maximum Gasteiger partial charge on any atom is 0.287 e. The summed E-state index contributed by atoms with van der Waals surface area (Å²) in [6.45, 7) is 3.46. The lowest BCUT2D eigenvalue weighted by Gasteiger charge is -2.21. The van der Waals surface area contributed by atoms with Crippen LogP contribution in [0.1, 0.15) is 24.4 Å². The van der Waals surface area contributed by atoms with Gasteiger partial charge in [-0.2, -0.15) is 0 Å². The van der Waals surface area contributed by atoms with Crippen LogP contribution in [0.3, 0.4) is 0 Å². The number of carbonyl (C=O) groups is 2. The normalized spacial score (nSPS) is 12.0. The molecule has 122 valence electrons. The van der Waals surface area contributed by atoms with Crippen LogP contribution in [0.4, 0.5) is 14.5 Å². The van der Waals surface area contributed by atoms with Crippen LogP contribution in [0, 0.1) is 17.6 Å². The number of carbonyl (C=O) groups excluding carboxylic acids is 2. The molecule has 0 saturated heterocycles. The standard InChI is InChI=1S/C16H16F2N2O3/c1-9(2)14(20-15(21)13-4-3-7-23-13)16(22)19-12-6-5-10(17)8-11(12)18/h3-9,14H,1-2H3,(H,19,22)(H,20,21). The van der Waals surface area contributed by atoms with Crippen LogP contribution in [-0.2, 0) is 4.79 Å². The fraction of sp³-hybridized carbons (Fsp3) is 0.250. The number of benzene rings is 1. The highest BCUT2D eigenvalue weighted by Gasteiger charge is 2.26. The maximum absolute atomic E-state index is 13.6. The van der Waals surface area contributed by atoms with Gasteiger partial charge in [-0.1, -0.05) is 13.8 Å². The number of furan rings is 1. The summed E-state index contributed by atoms with van der Waals surface area (Å²) in [4.78, 5) is 24.3. The van der Waals surface area contributed by atoms with Gasteiger partial charge in [-0.05, 0) is 30.2 Å². The van der Waals surface area contributed by atoms with Crippen molar-refractivity contribution >= 4 is 17.5 Å². The van der Waals surface area contributed by atoms with Crippen LogP contribution >= 0.6 is 0 Å². The van der Waals surface area contributed by atoms with Crippen LogP contribution in [0.2, 0.25) is 0 Å². The lowest BCUT2D eigenvalue weighted by molar-refractivity contribution is -0.118. The summed E-state index contributed by atoms with van der Waals surface area (Å²) >= 11 is 0. The van der Waals surface area contributed by atoms with Gasteiger partial charge in [0.1, 0.15) is 17.7 Å². The first-order valence-electron chi connectivity index (χ1n) is 6.98. The van der Waals surface area contributed by atoms with E-state index >= 15 is 0 Å². The Morgan fingerprint density at radius 1 is 1.17 bits per heavy atom. The molecule has 0 aliphatic carbocycles. The van der Waals surface area contributed by atoms with Gasteiger partial charge in [-0.3, -0.25) is 9.59 Å². The van der Waals surface area contributed by atoms with Crippen molar-refractivity contribution in [1.82, 2.24) is 5.32 Å². The SMILES string of the molecule is CC(C)C(NC(=O)c1ccco1)C(=O)Nc1ccc(F)cc1F. The van der Waals surface area contributed by atoms with E-state index in [1.165, 1.54) is 12.3 Å². The van der Waals surface area contributed by atoms with Crippen molar-refractivity contribution in [3.05, 3.63) is 54.0 Å². The number of amides is 2. The molecule has 1 atom stereocenters. The van der Waals surface area contributed by atoms with Gasteiger partial charge in [0.2, 0.25) is 5.91 Å². The van der Waals surface area contributed by atoms with Gasteiger partial charge in [0, 0.05) is 6.07 Å². The predicted octanol–water partition coefficient (Wildman–Crippen LogP) is 2.95. The van der Waals surface area contributed by atoms with E-state index in [1.54, 1.807) is 19.9 Å². The number of halogens is 2. The Bertz CT molecular complexity index is 699. The average Bonchev–Trinajstić information content (AvgIpc) is 3.01. The van der Waals surface area contributed by atoms with E-state index in [1.807, 2.05) is 0 Å². The molecule has 2 aromatic rings. The number of hydrogen-bond donors (Lipinski definition) is 2. The zero-order valence-electron chi connectivity index (χ0n) is 12.6. The monoisotopic (exact) mass is 322 g/mol. The quantitative estimate of drug-likeness (QED) is 0.889. The third kappa shape index (κ3) is 4.15. The van der Waals surface area contributed by atoms with Crippen molar-refractivity contribution in [2.75, 3.05) is 5.32 Å². The summed E-state index contributed by atoms with van der Waals surface area (Å²) in [5, 5.41) is 4.87. The Kier molecular flexibility index (Phi) is 5.10. The molecule has 0 aliphatic heterocycles. The Morgan fingerprint density at radius 2 is 1.91 bits per heavy atom. The van der Waals surface area contributed by atoms with E-state index in [4.69, 9.17) is 4.42 Å². The molecule has 0 spiro atoms. The third-order valence-electron chi connectivity index (χ3n) is 3.17. The minimum atomic E-state index is -0.906. The van der Waals surface area contributed by atoms with Crippen molar-refractivity contribution in [3.8, 4) is 0 Å². The molecular weight excluding hydrogens is 306 g/mol. The molecule has 1 heterocycles. The summed E-state index contributed by atoms with van der Waals surface area (Å²) in [5.41, 5.74) is -0.158. The first-order chi connectivity index (χ1) is 10.9. The number of anilines is 1. The molecule has 1 unspecified atom stereocenters. The number of nitrogens with one attached hydrogen (secondary N) is 2. The fourth-order valence-electron chi connectivity index (χ4n) is 1.96.